The summed E-state index contributed by atoms with van der Waals surface area (Å²) in [6, 6.07) is 2.67. The molecule has 2 aromatic heterocycles. The lowest BCUT2D eigenvalue weighted by atomic mass is 9.93. The first-order valence-electron chi connectivity index (χ1n) is 5.80. The summed E-state index contributed by atoms with van der Waals surface area (Å²) in [4.78, 5) is 4.17. The summed E-state index contributed by atoms with van der Waals surface area (Å²) in [6.07, 6.45) is 11.7. The van der Waals surface area contributed by atoms with E-state index in [9.17, 15) is 0 Å². The van der Waals surface area contributed by atoms with Crippen LogP contribution >= 0.6 is 0 Å². The van der Waals surface area contributed by atoms with Gasteiger partial charge in [-0.2, -0.15) is 5.10 Å². The van der Waals surface area contributed by atoms with Crippen LogP contribution in [0.1, 0.15) is 30.9 Å². The Hall–Kier alpha value is -1.64. The van der Waals surface area contributed by atoms with Gasteiger partial charge in [-0.25, -0.2) is 0 Å². The number of pyridine rings is 1. The highest BCUT2D eigenvalue weighted by Gasteiger charge is 2.20. The maximum Gasteiger partial charge on any atom is 0.0569 e. The quantitative estimate of drug-likeness (QED) is 0.767. The average Bonchev–Trinajstić information content (AvgIpc) is 2.65. The Morgan fingerprint density at radius 2 is 2.19 bits per heavy atom. The molecule has 82 valence electrons. The van der Waals surface area contributed by atoms with Gasteiger partial charge in [0, 0.05) is 29.7 Å². The van der Waals surface area contributed by atoms with Gasteiger partial charge < -0.3 is 0 Å². The summed E-state index contributed by atoms with van der Waals surface area (Å²) in [7, 11) is 0. The van der Waals surface area contributed by atoms with Crippen molar-refractivity contribution in [2.45, 2.75) is 32.2 Å². The van der Waals surface area contributed by atoms with Crippen LogP contribution in [0.4, 0.5) is 0 Å². The minimum atomic E-state index is 0.630. The molecule has 1 fully saturated rings. The average molecular weight is 213 g/mol. The lowest BCUT2D eigenvalue weighted by Crippen LogP contribution is -2.16. The summed E-state index contributed by atoms with van der Waals surface area (Å²) in [5, 5.41) is 4.44. The number of hydrogen-bond acceptors (Lipinski definition) is 2. The van der Waals surface area contributed by atoms with E-state index in [2.05, 4.69) is 27.9 Å². The van der Waals surface area contributed by atoms with Crippen LogP contribution in [0.5, 0.6) is 0 Å². The van der Waals surface area contributed by atoms with Crippen molar-refractivity contribution in [2.24, 2.45) is 0 Å². The van der Waals surface area contributed by atoms with Crippen LogP contribution in [0.25, 0.3) is 11.1 Å². The van der Waals surface area contributed by atoms with Gasteiger partial charge in [0.15, 0.2) is 0 Å². The van der Waals surface area contributed by atoms with Gasteiger partial charge in [-0.1, -0.05) is 0 Å². The van der Waals surface area contributed by atoms with E-state index >= 15 is 0 Å². The molecule has 1 aliphatic rings. The lowest BCUT2D eigenvalue weighted by molar-refractivity contribution is 0.289. The summed E-state index contributed by atoms with van der Waals surface area (Å²) in [5.74, 6) is 0. The number of rotatable bonds is 2. The maximum atomic E-state index is 4.44. The van der Waals surface area contributed by atoms with Crippen molar-refractivity contribution in [3.05, 3.63) is 36.4 Å². The van der Waals surface area contributed by atoms with Gasteiger partial charge >= 0.3 is 0 Å². The zero-order valence-electron chi connectivity index (χ0n) is 9.43. The maximum absolute atomic E-state index is 4.44. The Kier molecular flexibility index (Phi) is 2.24. The molecule has 0 unspecified atom stereocenters. The SMILES string of the molecule is Cc1ccncc1-c1cnn(C2CCC2)c1. The third-order valence-electron chi connectivity index (χ3n) is 3.40. The van der Waals surface area contributed by atoms with Crippen LogP contribution in [0.3, 0.4) is 0 Å². The fourth-order valence-corrected chi connectivity index (χ4v) is 2.09. The summed E-state index contributed by atoms with van der Waals surface area (Å²) >= 11 is 0. The number of aromatic nitrogens is 3. The number of nitrogens with zero attached hydrogens (tertiary/aromatic N) is 3. The summed E-state index contributed by atoms with van der Waals surface area (Å²) in [6.45, 7) is 2.11. The highest BCUT2D eigenvalue weighted by atomic mass is 15.3. The second-order valence-electron chi connectivity index (χ2n) is 4.48. The molecule has 16 heavy (non-hydrogen) atoms. The van der Waals surface area contributed by atoms with Gasteiger partial charge in [0.2, 0.25) is 0 Å². The minimum absolute atomic E-state index is 0.630. The molecule has 3 rings (SSSR count). The van der Waals surface area contributed by atoms with E-state index in [1.54, 1.807) is 0 Å². The normalized spacial score (nSPS) is 16.1. The van der Waals surface area contributed by atoms with E-state index in [4.69, 9.17) is 0 Å². The molecule has 2 heterocycles. The van der Waals surface area contributed by atoms with E-state index in [1.165, 1.54) is 36.0 Å². The molecule has 3 nitrogen and oxygen atoms in total. The van der Waals surface area contributed by atoms with Gasteiger partial charge in [0.1, 0.15) is 0 Å². The van der Waals surface area contributed by atoms with E-state index in [-0.39, 0.29) is 0 Å². The lowest BCUT2D eigenvalue weighted by Gasteiger charge is -2.25. The van der Waals surface area contributed by atoms with E-state index in [0.717, 1.165) is 0 Å². The van der Waals surface area contributed by atoms with Crippen LogP contribution in [-0.2, 0) is 0 Å². The van der Waals surface area contributed by atoms with Crippen LogP contribution in [0.2, 0.25) is 0 Å². The van der Waals surface area contributed by atoms with E-state index in [1.807, 2.05) is 24.7 Å². The van der Waals surface area contributed by atoms with Crippen molar-refractivity contribution in [3.8, 4) is 11.1 Å². The molecule has 1 aliphatic carbocycles. The summed E-state index contributed by atoms with van der Waals surface area (Å²) in [5.41, 5.74) is 3.62. The predicted octanol–water partition coefficient (Wildman–Crippen LogP) is 2.98. The van der Waals surface area contributed by atoms with Gasteiger partial charge in [0.25, 0.3) is 0 Å². The molecule has 0 bridgehead atoms. The Labute approximate surface area is 95.1 Å². The zero-order chi connectivity index (χ0) is 11.0. The molecular weight excluding hydrogens is 198 g/mol. The van der Waals surface area contributed by atoms with Crippen molar-refractivity contribution >= 4 is 0 Å². The fraction of sp³-hybridized carbons (Fsp3) is 0.385. The number of hydrogen-bond donors (Lipinski definition) is 0. The van der Waals surface area contributed by atoms with Gasteiger partial charge in [0.05, 0.1) is 12.2 Å². The highest BCUT2D eigenvalue weighted by Crippen LogP contribution is 2.32. The Balaban J connectivity index is 1.95. The molecule has 3 heteroatoms. The molecule has 0 atom stereocenters. The zero-order valence-corrected chi connectivity index (χ0v) is 9.43. The molecule has 0 aliphatic heterocycles. The van der Waals surface area contributed by atoms with Crippen molar-refractivity contribution in [3.63, 3.8) is 0 Å². The van der Waals surface area contributed by atoms with Crippen LogP contribution in [0.15, 0.2) is 30.9 Å². The first kappa shape index (κ1) is 9.58. The first-order chi connectivity index (χ1) is 7.84. The molecule has 1 saturated carbocycles. The largest absolute Gasteiger partial charge is 0.269 e. The third-order valence-corrected chi connectivity index (χ3v) is 3.40. The molecule has 0 amide bonds. The number of aryl methyl sites for hydroxylation is 1. The summed E-state index contributed by atoms with van der Waals surface area (Å²) < 4.78 is 2.10. The monoisotopic (exact) mass is 213 g/mol. The predicted molar refractivity (Wildman–Crippen MR) is 63.1 cm³/mol. The van der Waals surface area contributed by atoms with E-state index < -0.39 is 0 Å². The molecule has 0 radical (unpaired) electrons. The van der Waals surface area contributed by atoms with Crippen molar-refractivity contribution in [1.29, 1.82) is 0 Å². The first-order valence-corrected chi connectivity index (χ1v) is 5.80. The minimum Gasteiger partial charge on any atom is -0.269 e. The van der Waals surface area contributed by atoms with Gasteiger partial charge in [-0.05, 0) is 37.8 Å². The highest BCUT2D eigenvalue weighted by molar-refractivity contribution is 5.64. The van der Waals surface area contributed by atoms with Crippen molar-refractivity contribution in [2.75, 3.05) is 0 Å². The van der Waals surface area contributed by atoms with Crippen LogP contribution in [0, 0.1) is 6.92 Å². The van der Waals surface area contributed by atoms with Gasteiger partial charge in [-0.3, -0.25) is 9.67 Å². The molecule has 2 aromatic rings. The van der Waals surface area contributed by atoms with Crippen LogP contribution in [-0.4, -0.2) is 14.8 Å². The van der Waals surface area contributed by atoms with Gasteiger partial charge in [-0.15, -0.1) is 0 Å². The smallest absolute Gasteiger partial charge is 0.0569 e. The third kappa shape index (κ3) is 1.52. The fourth-order valence-electron chi connectivity index (χ4n) is 2.09. The molecular formula is C13H15N3. The second kappa shape index (κ2) is 3.74. The van der Waals surface area contributed by atoms with Crippen LogP contribution < -0.4 is 0 Å². The van der Waals surface area contributed by atoms with E-state index in [0.29, 0.717) is 6.04 Å². The molecule has 0 saturated heterocycles. The molecule has 0 spiro atoms. The Morgan fingerprint density at radius 1 is 1.31 bits per heavy atom. The molecule has 0 aromatic carbocycles. The Bertz CT molecular complexity index is 497. The Morgan fingerprint density at radius 3 is 2.88 bits per heavy atom. The standard InChI is InChI=1S/C13H15N3/c1-10-5-6-14-8-13(10)11-7-15-16(9-11)12-3-2-4-12/h5-9,12H,2-4H2,1H3. The molecule has 0 N–H and O–H groups in total. The second-order valence-corrected chi connectivity index (χ2v) is 4.48. The topological polar surface area (TPSA) is 30.7 Å². The van der Waals surface area contributed by atoms with Crippen molar-refractivity contribution < 1.29 is 0 Å². The van der Waals surface area contributed by atoms with Crippen molar-refractivity contribution in [1.82, 2.24) is 14.8 Å².